The van der Waals surface area contributed by atoms with Crippen molar-refractivity contribution in [2.24, 2.45) is 4.99 Å². The van der Waals surface area contributed by atoms with E-state index in [-0.39, 0.29) is 30.6 Å². The molecule has 1 aliphatic rings. The van der Waals surface area contributed by atoms with Crippen molar-refractivity contribution in [3.05, 3.63) is 59.6 Å². The van der Waals surface area contributed by atoms with Crippen LogP contribution in [0.1, 0.15) is 6.42 Å². The molecule has 0 saturated carbocycles. The van der Waals surface area contributed by atoms with Crippen LogP contribution in [-0.2, 0) is 9.59 Å². The molecule has 0 spiro atoms. The molecule has 2 aromatic rings. The molecule has 30 heavy (non-hydrogen) atoms. The van der Waals surface area contributed by atoms with Crippen LogP contribution >= 0.6 is 35.8 Å². The van der Waals surface area contributed by atoms with Crippen LogP contribution in [0.4, 0.5) is 11.4 Å². The molecule has 0 aliphatic carbocycles. The van der Waals surface area contributed by atoms with E-state index < -0.39 is 5.25 Å². The number of amides is 2. The summed E-state index contributed by atoms with van der Waals surface area (Å²) in [6.07, 6.45) is 0.0717. The third-order valence-electron chi connectivity index (χ3n) is 4.25. The fourth-order valence-corrected chi connectivity index (χ4v) is 4.16. The zero-order valence-corrected chi connectivity index (χ0v) is 19.1. The van der Waals surface area contributed by atoms with E-state index in [2.05, 4.69) is 10.3 Å². The van der Waals surface area contributed by atoms with Gasteiger partial charge in [-0.25, -0.2) is 4.99 Å². The second-order valence-electron chi connectivity index (χ2n) is 6.89. The molecule has 160 valence electrons. The number of benzene rings is 2. The molecule has 9 heteroatoms. The highest BCUT2D eigenvalue weighted by Gasteiger charge is 2.39. The van der Waals surface area contributed by atoms with Crippen molar-refractivity contribution in [1.29, 1.82) is 0 Å². The van der Waals surface area contributed by atoms with Gasteiger partial charge in [0.2, 0.25) is 11.8 Å². The van der Waals surface area contributed by atoms with Crippen LogP contribution in [0.5, 0.6) is 0 Å². The molecule has 6 nitrogen and oxygen atoms in total. The van der Waals surface area contributed by atoms with E-state index >= 15 is 0 Å². The van der Waals surface area contributed by atoms with Crippen molar-refractivity contribution in [3.63, 3.8) is 0 Å². The lowest BCUT2D eigenvalue weighted by Gasteiger charge is -2.19. The maximum Gasteiger partial charge on any atom is 0.242 e. The number of rotatable bonds is 7. The Bertz CT molecular complexity index is 909. The number of nitrogens with one attached hydrogen (secondary N) is 1. The molecule has 0 radical (unpaired) electrons. The summed E-state index contributed by atoms with van der Waals surface area (Å²) in [5.74, 6) is -0.320. The number of halogens is 2. The number of amidine groups is 1. The van der Waals surface area contributed by atoms with E-state index in [1.54, 1.807) is 29.2 Å². The Balaban J connectivity index is 0.00000320. The Morgan fingerprint density at radius 1 is 1.20 bits per heavy atom. The van der Waals surface area contributed by atoms with Crippen LogP contribution in [0.2, 0.25) is 5.02 Å². The van der Waals surface area contributed by atoms with Crippen LogP contribution in [0.15, 0.2) is 59.6 Å². The minimum Gasteiger partial charge on any atom is -0.326 e. The molecular weight excluding hydrogens is 443 g/mol. The van der Waals surface area contributed by atoms with E-state index in [9.17, 15) is 9.59 Å². The number of carbonyl (C=O) groups is 2. The second kappa shape index (κ2) is 11.4. The van der Waals surface area contributed by atoms with Gasteiger partial charge in [0.1, 0.15) is 5.25 Å². The van der Waals surface area contributed by atoms with Gasteiger partial charge in [0, 0.05) is 30.2 Å². The summed E-state index contributed by atoms with van der Waals surface area (Å²) in [5, 5.41) is 3.47. The average Bonchev–Trinajstić information content (AvgIpc) is 2.95. The summed E-state index contributed by atoms with van der Waals surface area (Å²) in [4.78, 5) is 33.8. The number of hydrogen-bond donors (Lipinski definition) is 1. The Labute approximate surface area is 192 Å². The van der Waals surface area contributed by atoms with Gasteiger partial charge in [-0.2, -0.15) is 0 Å². The van der Waals surface area contributed by atoms with Gasteiger partial charge in [-0.1, -0.05) is 47.6 Å². The summed E-state index contributed by atoms with van der Waals surface area (Å²) in [6.45, 7) is 1.23. The minimum absolute atomic E-state index is 0. The first-order valence-corrected chi connectivity index (χ1v) is 10.5. The van der Waals surface area contributed by atoms with Gasteiger partial charge in [-0.05, 0) is 44.4 Å². The molecule has 1 fully saturated rings. The van der Waals surface area contributed by atoms with Gasteiger partial charge in [0.15, 0.2) is 5.17 Å². The quantitative estimate of drug-likeness (QED) is 0.660. The van der Waals surface area contributed by atoms with Crippen LogP contribution in [-0.4, -0.2) is 59.2 Å². The third-order valence-corrected chi connectivity index (χ3v) is 5.66. The topological polar surface area (TPSA) is 65.0 Å². The maximum absolute atomic E-state index is 13.0. The van der Waals surface area contributed by atoms with Crippen molar-refractivity contribution in [3.8, 4) is 0 Å². The first-order chi connectivity index (χ1) is 13.9. The lowest BCUT2D eigenvalue weighted by atomic mass is 10.2. The number of thioether (sulfide) groups is 1. The number of hydrogen-bond acceptors (Lipinski definition) is 5. The van der Waals surface area contributed by atoms with E-state index in [1.807, 2.05) is 49.3 Å². The Morgan fingerprint density at radius 3 is 2.60 bits per heavy atom. The Kier molecular flexibility index (Phi) is 9.17. The number of anilines is 1. The summed E-state index contributed by atoms with van der Waals surface area (Å²) in [6, 6.07) is 16.4. The fourth-order valence-electron chi connectivity index (χ4n) is 2.79. The van der Waals surface area contributed by atoms with Gasteiger partial charge in [-0.3, -0.25) is 14.5 Å². The Morgan fingerprint density at radius 2 is 1.93 bits per heavy atom. The van der Waals surface area contributed by atoms with Crippen LogP contribution in [0.25, 0.3) is 0 Å². The van der Waals surface area contributed by atoms with Crippen LogP contribution in [0, 0.1) is 0 Å². The molecular formula is C21H24Cl2N4O2S. The molecule has 0 aromatic heterocycles. The van der Waals surface area contributed by atoms with Gasteiger partial charge in [0.25, 0.3) is 0 Å². The van der Waals surface area contributed by atoms with Crippen molar-refractivity contribution in [2.75, 3.05) is 32.5 Å². The maximum atomic E-state index is 13.0. The van der Waals surface area contributed by atoms with Gasteiger partial charge >= 0.3 is 0 Å². The molecule has 2 aromatic carbocycles. The smallest absolute Gasteiger partial charge is 0.242 e. The molecule has 0 bridgehead atoms. The normalized spacial score (nSPS) is 17.3. The predicted octanol–water partition coefficient (Wildman–Crippen LogP) is 4.28. The van der Waals surface area contributed by atoms with Gasteiger partial charge < -0.3 is 10.2 Å². The highest BCUT2D eigenvalue weighted by molar-refractivity contribution is 8.15. The van der Waals surface area contributed by atoms with E-state index in [4.69, 9.17) is 11.6 Å². The molecule has 2 amide bonds. The Hall–Kier alpha value is -2.06. The molecule has 1 saturated heterocycles. The van der Waals surface area contributed by atoms with E-state index in [0.29, 0.717) is 29.0 Å². The zero-order valence-electron chi connectivity index (χ0n) is 16.7. The lowest BCUT2D eigenvalue weighted by molar-refractivity contribution is -0.128. The number of nitrogens with zero attached hydrogens (tertiary/aromatic N) is 3. The fraction of sp³-hybridized carbons (Fsp3) is 0.286. The summed E-state index contributed by atoms with van der Waals surface area (Å²) >= 11 is 7.30. The molecule has 1 atom stereocenters. The molecule has 3 rings (SSSR count). The third kappa shape index (κ3) is 6.74. The molecule has 1 N–H and O–H groups in total. The highest BCUT2D eigenvalue weighted by atomic mass is 35.5. The minimum atomic E-state index is -0.501. The monoisotopic (exact) mass is 466 g/mol. The SMILES string of the molecule is CN(C)CCN1C(=O)C(CC(=O)Nc2cccc(Cl)c2)SC1=Nc1ccccc1.Cl. The van der Waals surface area contributed by atoms with Gasteiger partial charge in [0.05, 0.1) is 5.69 Å². The largest absolute Gasteiger partial charge is 0.326 e. The van der Waals surface area contributed by atoms with E-state index in [0.717, 1.165) is 5.69 Å². The van der Waals surface area contributed by atoms with Crippen molar-refractivity contribution in [1.82, 2.24) is 9.80 Å². The highest BCUT2D eigenvalue weighted by Crippen LogP contribution is 2.31. The number of aliphatic imine (C=N–C) groups is 1. The molecule has 1 heterocycles. The standard InChI is InChI=1S/C21H23ClN4O2S.ClH/c1-25(2)11-12-26-20(28)18(29-21(26)24-16-8-4-3-5-9-16)14-19(27)23-17-10-6-7-15(22)13-17;/h3-10,13,18H,11-12,14H2,1-2H3,(H,23,27);1H. The lowest BCUT2D eigenvalue weighted by Crippen LogP contribution is -2.38. The predicted molar refractivity (Wildman–Crippen MR) is 127 cm³/mol. The molecule has 1 aliphatic heterocycles. The summed E-state index contributed by atoms with van der Waals surface area (Å²) in [5.41, 5.74) is 1.39. The van der Waals surface area contributed by atoms with Crippen LogP contribution in [0.3, 0.4) is 0 Å². The van der Waals surface area contributed by atoms with Crippen LogP contribution < -0.4 is 5.32 Å². The number of likely N-dealkylation sites (N-methyl/N-ethyl adjacent to an activating group) is 1. The molecule has 1 unspecified atom stereocenters. The van der Waals surface area contributed by atoms with Crippen molar-refractivity contribution >= 4 is 64.1 Å². The number of para-hydroxylation sites is 1. The van der Waals surface area contributed by atoms with Crippen molar-refractivity contribution in [2.45, 2.75) is 11.7 Å². The summed E-state index contributed by atoms with van der Waals surface area (Å²) in [7, 11) is 3.91. The number of carbonyl (C=O) groups excluding carboxylic acids is 2. The van der Waals surface area contributed by atoms with Crippen molar-refractivity contribution < 1.29 is 9.59 Å². The second-order valence-corrected chi connectivity index (χ2v) is 8.50. The average molecular weight is 467 g/mol. The first kappa shape index (κ1) is 24.2. The summed E-state index contributed by atoms with van der Waals surface area (Å²) < 4.78 is 0. The van der Waals surface area contributed by atoms with Gasteiger partial charge in [-0.15, -0.1) is 12.4 Å². The van der Waals surface area contributed by atoms with E-state index in [1.165, 1.54) is 11.8 Å². The zero-order chi connectivity index (χ0) is 20.8. The first-order valence-electron chi connectivity index (χ1n) is 9.24.